The van der Waals surface area contributed by atoms with Gasteiger partial charge < -0.3 is 15.1 Å². The number of aryl methyl sites for hydroxylation is 1. The van der Waals surface area contributed by atoms with E-state index in [4.69, 9.17) is 4.42 Å². The molecule has 0 bridgehead atoms. The molecule has 0 saturated carbocycles. The Morgan fingerprint density at radius 3 is 2.38 bits per heavy atom. The molecular weight excluding hydrogens is 364 g/mol. The number of Topliss-reactive ketones (excluding diaryl/α,β-unsaturated/α-hetero) is 1. The van der Waals surface area contributed by atoms with Gasteiger partial charge in [-0.25, -0.2) is 0 Å². The van der Waals surface area contributed by atoms with Crippen molar-refractivity contribution in [2.75, 3.05) is 5.32 Å². The van der Waals surface area contributed by atoms with Gasteiger partial charge in [-0.15, -0.1) is 0 Å². The van der Waals surface area contributed by atoms with Gasteiger partial charge >= 0.3 is 0 Å². The van der Waals surface area contributed by atoms with Gasteiger partial charge in [-0.3, -0.25) is 9.59 Å². The predicted octanol–water partition coefficient (Wildman–Crippen LogP) is 4.79. The van der Waals surface area contributed by atoms with E-state index in [0.717, 1.165) is 22.0 Å². The summed E-state index contributed by atoms with van der Waals surface area (Å²) in [6.45, 7) is 1.96. The monoisotopic (exact) mass is 384 g/mol. The molecule has 0 fully saturated rings. The molecule has 3 aromatic carbocycles. The van der Waals surface area contributed by atoms with Crippen LogP contribution in [-0.4, -0.2) is 17.9 Å². The first-order chi connectivity index (χ1) is 14.1. The Bertz CT molecular complexity index is 1140. The van der Waals surface area contributed by atoms with Crippen LogP contribution in [-0.2, 0) is 0 Å². The van der Waals surface area contributed by atoms with Crippen LogP contribution in [0.1, 0.15) is 26.5 Å². The molecule has 1 atom stereocenters. The molecule has 29 heavy (non-hydrogen) atoms. The number of amides is 1. The summed E-state index contributed by atoms with van der Waals surface area (Å²) in [7, 11) is 0. The fourth-order valence-corrected chi connectivity index (χ4v) is 3.17. The number of benzene rings is 3. The SMILES string of the molecule is Cc1ccc(C(=O)C(NC(=O)c2ccco2)Nc2cccc3ccccc23)cc1. The number of carbonyl (C=O) groups is 2. The van der Waals surface area contributed by atoms with Crippen molar-refractivity contribution in [3.8, 4) is 0 Å². The first kappa shape index (κ1) is 18.5. The number of hydrogen-bond donors (Lipinski definition) is 2. The van der Waals surface area contributed by atoms with Gasteiger partial charge in [0.1, 0.15) is 0 Å². The topological polar surface area (TPSA) is 71.3 Å². The third kappa shape index (κ3) is 4.04. The normalized spacial score (nSPS) is 11.8. The quantitative estimate of drug-likeness (QED) is 0.370. The molecule has 0 aliphatic heterocycles. The number of rotatable bonds is 6. The molecule has 2 N–H and O–H groups in total. The maximum atomic E-state index is 13.2. The van der Waals surface area contributed by atoms with Crippen LogP contribution in [0.2, 0.25) is 0 Å². The smallest absolute Gasteiger partial charge is 0.288 e. The van der Waals surface area contributed by atoms with Crippen molar-refractivity contribution in [1.29, 1.82) is 0 Å². The van der Waals surface area contributed by atoms with Crippen LogP contribution in [0.15, 0.2) is 89.5 Å². The molecule has 1 aromatic heterocycles. The molecule has 4 rings (SSSR count). The molecule has 1 heterocycles. The van der Waals surface area contributed by atoms with Crippen molar-refractivity contribution in [2.24, 2.45) is 0 Å². The Hall–Kier alpha value is -3.86. The summed E-state index contributed by atoms with van der Waals surface area (Å²) in [6.07, 6.45) is 0.463. The minimum absolute atomic E-state index is 0.145. The minimum Gasteiger partial charge on any atom is -0.459 e. The second kappa shape index (κ2) is 8.02. The lowest BCUT2D eigenvalue weighted by atomic mass is 10.0. The zero-order valence-electron chi connectivity index (χ0n) is 15.9. The lowest BCUT2D eigenvalue weighted by Gasteiger charge is -2.21. The number of furan rings is 1. The summed E-state index contributed by atoms with van der Waals surface area (Å²) in [5.74, 6) is -0.558. The lowest BCUT2D eigenvalue weighted by Crippen LogP contribution is -2.46. The zero-order valence-corrected chi connectivity index (χ0v) is 15.9. The summed E-state index contributed by atoms with van der Waals surface area (Å²) < 4.78 is 5.17. The van der Waals surface area contributed by atoms with Gasteiger partial charge in [-0.1, -0.05) is 66.2 Å². The molecule has 0 saturated heterocycles. The van der Waals surface area contributed by atoms with Crippen LogP contribution in [0, 0.1) is 6.92 Å². The second-order valence-electron chi connectivity index (χ2n) is 6.79. The van der Waals surface area contributed by atoms with Crippen molar-refractivity contribution >= 4 is 28.2 Å². The van der Waals surface area contributed by atoms with Crippen molar-refractivity contribution in [3.63, 3.8) is 0 Å². The molecule has 4 aromatic rings. The standard InChI is InChI=1S/C24H20N2O3/c1-16-11-13-18(14-12-16)22(27)23(26-24(28)21-10-5-15-29-21)25-20-9-4-7-17-6-2-3-8-19(17)20/h2-15,23,25H,1H3,(H,26,28). The highest BCUT2D eigenvalue weighted by Crippen LogP contribution is 2.24. The van der Waals surface area contributed by atoms with Gasteiger partial charge in [0, 0.05) is 16.6 Å². The van der Waals surface area contributed by atoms with Crippen LogP contribution in [0.25, 0.3) is 10.8 Å². The van der Waals surface area contributed by atoms with Gasteiger partial charge in [0.2, 0.25) is 5.78 Å². The molecule has 0 spiro atoms. The number of anilines is 1. The fourth-order valence-electron chi connectivity index (χ4n) is 3.17. The second-order valence-corrected chi connectivity index (χ2v) is 6.79. The van der Waals surface area contributed by atoms with Crippen molar-refractivity contribution in [3.05, 3.63) is 102 Å². The third-order valence-electron chi connectivity index (χ3n) is 4.71. The van der Waals surface area contributed by atoms with Crippen LogP contribution < -0.4 is 10.6 Å². The predicted molar refractivity (Wildman–Crippen MR) is 113 cm³/mol. The zero-order chi connectivity index (χ0) is 20.2. The third-order valence-corrected chi connectivity index (χ3v) is 4.71. The van der Waals surface area contributed by atoms with Gasteiger partial charge in [-0.05, 0) is 30.5 Å². The minimum atomic E-state index is -0.957. The van der Waals surface area contributed by atoms with Crippen LogP contribution >= 0.6 is 0 Å². The first-order valence-electron chi connectivity index (χ1n) is 9.31. The number of carbonyl (C=O) groups excluding carboxylic acids is 2. The van der Waals surface area contributed by atoms with E-state index in [-0.39, 0.29) is 11.5 Å². The van der Waals surface area contributed by atoms with E-state index >= 15 is 0 Å². The molecule has 144 valence electrons. The first-order valence-corrected chi connectivity index (χ1v) is 9.31. The Labute approximate surface area is 168 Å². The molecule has 0 aliphatic carbocycles. The Morgan fingerprint density at radius 2 is 1.62 bits per heavy atom. The van der Waals surface area contributed by atoms with Crippen LogP contribution in [0.5, 0.6) is 0 Å². The molecule has 0 aliphatic rings. The molecule has 5 nitrogen and oxygen atoms in total. The largest absolute Gasteiger partial charge is 0.459 e. The van der Waals surface area contributed by atoms with Gasteiger partial charge in [-0.2, -0.15) is 0 Å². The molecular formula is C24H20N2O3. The maximum Gasteiger partial charge on any atom is 0.288 e. The Morgan fingerprint density at radius 1 is 0.862 bits per heavy atom. The summed E-state index contributed by atoms with van der Waals surface area (Å²) in [6, 6.07) is 24.1. The van der Waals surface area contributed by atoms with E-state index in [1.165, 1.54) is 6.26 Å². The van der Waals surface area contributed by atoms with E-state index in [1.807, 2.05) is 61.5 Å². The van der Waals surface area contributed by atoms with E-state index < -0.39 is 12.1 Å². The highest BCUT2D eigenvalue weighted by atomic mass is 16.3. The summed E-state index contributed by atoms with van der Waals surface area (Å²) in [5.41, 5.74) is 2.32. The summed E-state index contributed by atoms with van der Waals surface area (Å²) in [4.78, 5) is 25.8. The molecule has 0 radical (unpaired) electrons. The molecule has 5 heteroatoms. The van der Waals surface area contributed by atoms with E-state index in [0.29, 0.717) is 5.56 Å². The average Bonchev–Trinajstić information content (AvgIpc) is 3.29. The average molecular weight is 384 g/mol. The number of nitrogens with one attached hydrogen (secondary N) is 2. The summed E-state index contributed by atoms with van der Waals surface area (Å²) >= 11 is 0. The highest BCUT2D eigenvalue weighted by Gasteiger charge is 2.24. The van der Waals surface area contributed by atoms with Crippen molar-refractivity contribution in [2.45, 2.75) is 13.1 Å². The molecule has 1 amide bonds. The Kier molecular flexibility index (Phi) is 5.12. The van der Waals surface area contributed by atoms with E-state index in [1.54, 1.807) is 24.3 Å². The lowest BCUT2D eigenvalue weighted by molar-refractivity contribution is 0.0853. The number of fused-ring (bicyclic) bond motifs is 1. The van der Waals surface area contributed by atoms with Gasteiger partial charge in [0.05, 0.1) is 6.26 Å². The Balaban J connectivity index is 1.68. The van der Waals surface area contributed by atoms with Crippen LogP contribution in [0.3, 0.4) is 0 Å². The highest BCUT2D eigenvalue weighted by molar-refractivity contribution is 6.06. The maximum absolute atomic E-state index is 13.2. The van der Waals surface area contributed by atoms with E-state index in [9.17, 15) is 9.59 Å². The van der Waals surface area contributed by atoms with Crippen LogP contribution in [0.4, 0.5) is 5.69 Å². The van der Waals surface area contributed by atoms with Crippen molar-refractivity contribution in [1.82, 2.24) is 5.32 Å². The number of hydrogen-bond acceptors (Lipinski definition) is 4. The van der Waals surface area contributed by atoms with Crippen molar-refractivity contribution < 1.29 is 14.0 Å². The summed E-state index contributed by atoms with van der Waals surface area (Å²) in [5, 5.41) is 7.96. The van der Waals surface area contributed by atoms with Gasteiger partial charge in [0.15, 0.2) is 11.9 Å². The van der Waals surface area contributed by atoms with E-state index in [2.05, 4.69) is 10.6 Å². The van der Waals surface area contributed by atoms with Gasteiger partial charge in [0.25, 0.3) is 5.91 Å². The fraction of sp³-hybridized carbons (Fsp3) is 0.0833. The number of ketones is 1. The molecule has 1 unspecified atom stereocenters.